The quantitative estimate of drug-likeness (QED) is 0.720. The predicted octanol–water partition coefficient (Wildman–Crippen LogP) is 2.13. The summed E-state index contributed by atoms with van der Waals surface area (Å²) < 4.78 is 10.2. The van der Waals surface area contributed by atoms with Crippen LogP contribution in [0.15, 0.2) is 24.3 Å². The Balaban J connectivity index is 2.49. The number of rotatable bonds is 7. The van der Waals surface area contributed by atoms with Gasteiger partial charge in [-0.1, -0.05) is 12.1 Å². The average Bonchev–Trinajstić information content (AvgIpc) is 2.50. The van der Waals surface area contributed by atoms with Crippen LogP contribution in [0, 0.1) is 11.3 Å². The molecule has 124 valence electrons. The Hall–Kier alpha value is -2.55. The number of hydrogen-bond acceptors (Lipinski definition) is 5. The molecule has 0 spiro atoms. The molecule has 0 aromatic heterocycles. The number of esters is 1. The van der Waals surface area contributed by atoms with E-state index >= 15 is 0 Å². The molecule has 0 saturated carbocycles. The van der Waals surface area contributed by atoms with Crippen LogP contribution in [0.4, 0.5) is 0 Å². The molecule has 1 rings (SSSR count). The lowest BCUT2D eigenvalue weighted by Gasteiger charge is -2.30. The molecular weight excluding hydrogens is 296 g/mol. The summed E-state index contributed by atoms with van der Waals surface area (Å²) >= 11 is 0. The maximum absolute atomic E-state index is 12.1. The molecule has 1 aromatic carbocycles. The fourth-order valence-corrected chi connectivity index (χ4v) is 2.25. The van der Waals surface area contributed by atoms with Crippen molar-refractivity contribution in [2.75, 3.05) is 13.2 Å². The summed E-state index contributed by atoms with van der Waals surface area (Å²) in [6.45, 7) is 6.94. The third-order valence-corrected chi connectivity index (χ3v) is 3.11. The number of para-hydroxylation sites is 1. The first-order valence-electron chi connectivity index (χ1n) is 7.45. The maximum Gasteiger partial charge on any atom is 0.344 e. The molecule has 6 nitrogen and oxygen atoms in total. The molecular formula is C17H22N2O4. The van der Waals surface area contributed by atoms with Gasteiger partial charge in [0.25, 0.3) is 5.91 Å². The number of nitriles is 1. The van der Waals surface area contributed by atoms with Crippen LogP contribution in [0.2, 0.25) is 0 Å². The summed E-state index contributed by atoms with van der Waals surface area (Å²) in [7, 11) is 0. The highest BCUT2D eigenvalue weighted by molar-refractivity contribution is 5.81. The van der Waals surface area contributed by atoms with Crippen molar-refractivity contribution in [3.63, 3.8) is 0 Å². The number of benzene rings is 1. The highest BCUT2D eigenvalue weighted by atomic mass is 16.6. The minimum Gasteiger partial charge on any atom is -0.481 e. The van der Waals surface area contributed by atoms with Gasteiger partial charge in [-0.15, -0.1) is 0 Å². The third-order valence-electron chi connectivity index (χ3n) is 3.11. The van der Waals surface area contributed by atoms with Crippen LogP contribution in [-0.2, 0) is 14.3 Å². The zero-order chi connectivity index (χ0) is 17.4. The Labute approximate surface area is 136 Å². The summed E-state index contributed by atoms with van der Waals surface area (Å²) in [5, 5.41) is 8.93. The van der Waals surface area contributed by atoms with Gasteiger partial charge in [-0.05, 0) is 39.8 Å². The fourth-order valence-electron chi connectivity index (χ4n) is 2.25. The van der Waals surface area contributed by atoms with Gasteiger partial charge in [-0.3, -0.25) is 4.79 Å². The Morgan fingerprint density at radius 2 is 1.74 bits per heavy atom. The molecule has 1 aromatic rings. The van der Waals surface area contributed by atoms with Crippen LogP contribution < -0.4 is 4.74 Å². The number of carbonyl (C=O) groups is 2. The standard InChI is InChI=1S/C17H22N2O4/c1-12(2)19(13(3)4)16(20)10-23-17(21)11-22-15-8-6-5-7-14(15)9-18/h5-8,12-13H,10-11H2,1-4H3. The first-order chi connectivity index (χ1) is 10.9. The van der Waals surface area contributed by atoms with Gasteiger partial charge in [0, 0.05) is 12.1 Å². The van der Waals surface area contributed by atoms with Crippen LogP contribution >= 0.6 is 0 Å². The van der Waals surface area contributed by atoms with Crippen molar-refractivity contribution in [1.82, 2.24) is 4.90 Å². The normalized spacial score (nSPS) is 10.3. The van der Waals surface area contributed by atoms with E-state index in [0.717, 1.165) is 0 Å². The van der Waals surface area contributed by atoms with Crippen LogP contribution in [0.5, 0.6) is 5.75 Å². The van der Waals surface area contributed by atoms with Gasteiger partial charge in [0.2, 0.25) is 0 Å². The van der Waals surface area contributed by atoms with Gasteiger partial charge in [0.1, 0.15) is 11.8 Å². The van der Waals surface area contributed by atoms with E-state index in [2.05, 4.69) is 0 Å². The second-order valence-corrected chi connectivity index (χ2v) is 5.55. The van der Waals surface area contributed by atoms with Crippen LogP contribution in [-0.4, -0.2) is 42.1 Å². The van der Waals surface area contributed by atoms with Crippen molar-refractivity contribution in [3.05, 3.63) is 29.8 Å². The molecule has 0 aliphatic carbocycles. The first-order valence-corrected chi connectivity index (χ1v) is 7.45. The van der Waals surface area contributed by atoms with E-state index in [1.807, 2.05) is 33.8 Å². The topological polar surface area (TPSA) is 79.6 Å². The largest absolute Gasteiger partial charge is 0.481 e. The molecule has 0 aliphatic rings. The summed E-state index contributed by atoms with van der Waals surface area (Å²) in [6.07, 6.45) is 0. The molecule has 23 heavy (non-hydrogen) atoms. The zero-order valence-electron chi connectivity index (χ0n) is 13.9. The lowest BCUT2D eigenvalue weighted by molar-refractivity contribution is -0.155. The average molecular weight is 318 g/mol. The molecule has 0 aliphatic heterocycles. The Morgan fingerprint density at radius 1 is 1.13 bits per heavy atom. The summed E-state index contributed by atoms with van der Waals surface area (Å²) in [5.74, 6) is -0.594. The SMILES string of the molecule is CC(C)N(C(=O)COC(=O)COc1ccccc1C#N)C(C)C. The van der Waals surface area contributed by atoms with Gasteiger partial charge < -0.3 is 14.4 Å². The molecule has 0 atom stereocenters. The third kappa shape index (κ3) is 5.62. The van der Waals surface area contributed by atoms with Crippen molar-refractivity contribution in [2.24, 2.45) is 0 Å². The van der Waals surface area contributed by atoms with Gasteiger partial charge >= 0.3 is 5.97 Å². The van der Waals surface area contributed by atoms with Crippen LogP contribution in [0.3, 0.4) is 0 Å². The van der Waals surface area contributed by atoms with Crippen LogP contribution in [0.25, 0.3) is 0 Å². The highest BCUT2D eigenvalue weighted by Gasteiger charge is 2.21. The molecule has 0 saturated heterocycles. The Bertz CT molecular complexity index is 583. The molecule has 0 unspecified atom stereocenters. The van der Waals surface area contributed by atoms with Crippen molar-refractivity contribution in [1.29, 1.82) is 5.26 Å². The summed E-state index contributed by atoms with van der Waals surface area (Å²) in [6, 6.07) is 8.62. The van der Waals surface area contributed by atoms with E-state index in [1.54, 1.807) is 29.2 Å². The van der Waals surface area contributed by atoms with E-state index < -0.39 is 5.97 Å². The number of hydrogen-bond donors (Lipinski definition) is 0. The maximum atomic E-state index is 12.1. The van der Waals surface area contributed by atoms with Crippen molar-refractivity contribution < 1.29 is 19.1 Å². The number of ether oxygens (including phenoxy) is 2. The lowest BCUT2D eigenvalue weighted by atomic mass is 10.2. The molecule has 0 heterocycles. The molecule has 1 amide bonds. The van der Waals surface area contributed by atoms with E-state index in [0.29, 0.717) is 11.3 Å². The highest BCUT2D eigenvalue weighted by Crippen LogP contribution is 2.16. The van der Waals surface area contributed by atoms with Gasteiger partial charge in [-0.25, -0.2) is 4.79 Å². The van der Waals surface area contributed by atoms with Crippen molar-refractivity contribution in [2.45, 2.75) is 39.8 Å². The summed E-state index contributed by atoms with van der Waals surface area (Å²) in [4.78, 5) is 25.4. The first kappa shape index (κ1) is 18.5. The van der Waals surface area contributed by atoms with Gasteiger partial charge in [-0.2, -0.15) is 5.26 Å². The molecule has 0 N–H and O–H groups in total. The molecule has 6 heteroatoms. The van der Waals surface area contributed by atoms with Crippen molar-refractivity contribution in [3.8, 4) is 11.8 Å². The monoisotopic (exact) mass is 318 g/mol. The molecule has 0 radical (unpaired) electrons. The minimum absolute atomic E-state index is 0.0277. The zero-order valence-corrected chi connectivity index (χ0v) is 13.9. The van der Waals surface area contributed by atoms with Crippen molar-refractivity contribution >= 4 is 11.9 Å². The van der Waals surface area contributed by atoms with Crippen LogP contribution in [0.1, 0.15) is 33.3 Å². The summed E-state index contributed by atoms with van der Waals surface area (Å²) in [5.41, 5.74) is 0.335. The smallest absolute Gasteiger partial charge is 0.344 e. The number of carbonyl (C=O) groups excluding carboxylic acids is 2. The molecule has 0 fully saturated rings. The number of amides is 1. The second-order valence-electron chi connectivity index (χ2n) is 5.55. The van der Waals surface area contributed by atoms with Gasteiger partial charge in [0.05, 0.1) is 5.56 Å². The van der Waals surface area contributed by atoms with E-state index in [9.17, 15) is 9.59 Å². The lowest BCUT2D eigenvalue weighted by Crippen LogP contribution is -2.44. The fraction of sp³-hybridized carbons (Fsp3) is 0.471. The van der Waals surface area contributed by atoms with Gasteiger partial charge in [0.15, 0.2) is 13.2 Å². The van der Waals surface area contributed by atoms with E-state index in [1.165, 1.54) is 0 Å². The Kier molecular flexibility index (Phi) is 7.07. The second kappa shape index (κ2) is 8.79. The van der Waals surface area contributed by atoms with E-state index in [-0.39, 0.29) is 31.2 Å². The minimum atomic E-state index is -0.654. The number of nitrogens with zero attached hydrogens (tertiary/aromatic N) is 2. The Morgan fingerprint density at radius 3 is 2.30 bits per heavy atom. The predicted molar refractivity (Wildman–Crippen MR) is 84.7 cm³/mol. The molecule has 0 bridgehead atoms. The van der Waals surface area contributed by atoms with E-state index in [4.69, 9.17) is 14.7 Å².